The van der Waals surface area contributed by atoms with E-state index in [1.807, 2.05) is 0 Å². The van der Waals surface area contributed by atoms with Crippen molar-refractivity contribution >= 4 is 40.6 Å². The summed E-state index contributed by atoms with van der Waals surface area (Å²) < 4.78 is 16.2. The zero-order chi connectivity index (χ0) is 24.0. The van der Waals surface area contributed by atoms with E-state index in [0.717, 1.165) is 6.07 Å². The zero-order valence-corrected chi connectivity index (χ0v) is 18.7. The number of benzene rings is 3. The predicted molar refractivity (Wildman–Crippen MR) is 121 cm³/mol. The summed E-state index contributed by atoms with van der Waals surface area (Å²) in [6.45, 7) is 0.903. The summed E-state index contributed by atoms with van der Waals surface area (Å²) in [5.74, 6) is -0.0351. The van der Waals surface area contributed by atoms with Crippen molar-refractivity contribution in [2.45, 2.75) is 13.0 Å². The molecule has 8 nitrogen and oxygen atoms in total. The Kier molecular flexibility index (Phi) is 7.87. The first-order valence-corrected chi connectivity index (χ1v) is 10.3. The highest BCUT2D eigenvalue weighted by molar-refractivity contribution is 6.35. The zero-order valence-electron chi connectivity index (χ0n) is 17.2. The molecule has 0 bridgehead atoms. The van der Waals surface area contributed by atoms with Crippen LogP contribution in [0.3, 0.4) is 0 Å². The van der Waals surface area contributed by atoms with Gasteiger partial charge in [0.15, 0.2) is 12.7 Å². The summed E-state index contributed by atoms with van der Waals surface area (Å²) in [7, 11) is 0. The second-order valence-corrected chi connectivity index (χ2v) is 7.59. The molecule has 0 aliphatic rings. The van der Waals surface area contributed by atoms with E-state index in [0.29, 0.717) is 27.3 Å². The van der Waals surface area contributed by atoms with Gasteiger partial charge in [-0.25, -0.2) is 4.79 Å². The van der Waals surface area contributed by atoms with Crippen molar-refractivity contribution in [3.8, 4) is 17.2 Å². The Morgan fingerprint density at radius 2 is 1.70 bits per heavy atom. The van der Waals surface area contributed by atoms with Crippen LogP contribution in [0.25, 0.3) is 0 Å². The number of rotatable bonds is 9. The first-order chi connectivity index (χ1) is 15.7. The smallest absolute Gasteiger partial charge is 0.347 e. The number of ketones is 1. The van der Waals surface area contributed by atoms with Crippen LogP contribution < -0.4 is 9.47 Å². The highest BCUT2D eigenvalue weighted by Gasteiger charge is 2.19. The number of halogens is 2. The Labute approximate surface area is 198 Å². The lowest BCUT2D eigenvalue weighted by atomic mass is 10.1. The normalized spacial score (nSPS) is 11.4. The molecule has 0 saturated carbocycles. The van der Waals surface area contributed by atoms with Crippen LogP contribution >= 0.6 is 23.2 Å². The van der Waals surface area contributed by atoms with E-state index < -0.39 is 29.4 Å². The van der Waals surface area contributed by atoms with Crippen LogP contribution in [0.15, 0.2) is 66.7 Å². The molecule has 0 saturated heterocycles. The van der Waals surface area contributed by atoms with Gasteiger partial charge in [0.05, 0.1) is 9.95 Å². The molecule has 0 N–H and O–H groups in total. The second kappa shape index (κ2) is 10.8. The van der Waals surface area contributed by atoms with Crippen LogP contribution in [-0.4, -0.2) is 29.4 Å². The fraction of sp³-hybridized carbons (Fsp3) is 0.130. The van der Waals surface area contributed by atoms with Gasteiger partial charge in [-0.15, -0.1) is 0 Å². The quantitative estimate of drug-likeness (QED) is 0.159. The van der Waals surface area contributed by atoms with Gasteiger partial charge in [0.25, 0.3) is 5.69 Å². The molecule has 33 heavy (non-hydrogen) atoms. The average Bonchev–Trinajstić information content (AvgIpc) is 2.80. The molecule has 3 aromatic rings. The maximum absolute atomic E-state index is 12.2. The summed E-state index contributed by atoms with van der Waals surface area (Å²) in [6, 6.07) is 16.5. The van der Waals surface area contributed by atoms with Crippen molar-refractivity contribution in [2.75, 3.05) is 6.61 Å². The third-order valence-electron chi connectivity index (χ3n) is 4.31. The van der Waals surface area contributed by atoms with E-state index in [1.54, 1.807) is 42.5 Å². The van der Waals surface area contributed by atoms with E-state index in [1.165, 1.54) is 25.1 Å². The highest BCUT2D eigenvalue weighted by Crippen LogP contribution is 2.32. The van der Waals surface area contributed by atoms with Gasteiger partial charge >= 0.3 is 5.97 Å². The molecule has 10 heteroatoms. The summed E-state index contributed by atoms with van der Waals surface area (Å²) in [6.07, 6.45) is -1.000. The number of ether oxygens (including phenoxy) is 3. The minimum absolute atomic E-state index is 0.0713. The lowest BCUT2D eigenvalue weighted by Crippen LogP contribution is -2.28. The molecule has 0 heterocycles. The van der Waals surface area contributed by atoms with Gasteiger partial charge in [-0.05, 0) is 49.4 Å². The van der Waals surface area contributed by atoms with E-state index >= 15 is 0 Å². The number of hydrogen-bond donors (Lipinski definition) is 0. The summed E-state index contributed by atoms with van der Waals surface area (Å²) in [5, 5.41) is 11.7. The Bertz CT molecular complexity index is 1180. The lowest BCUT2D eigenvalue weighted by molar-refractivity contribution is -0.384. The molecule has 0 aromatic heterocycles. The fourth-order valence-corrected chi connectivity index (χ4v) is 3.10. The molecule has 0 aliphatic carbocycles. The monoisotopic (exact) mass is 489 g/mol. The minimum Gasteiger partial charge on any atom is -0.479 e. The van der Waals surface area contributed by atoms with Gasteiger partial charge in [-0.1, -0.05) is 35.3 Å². The second-order valence-electron chi connectivity index (χ2n) is 6.75. The molecule has 0 aliphatic heterocycles. The van der Waals surface area contributed by atoms with Crippen molar-refractivity contribution < 1.29 is 28.7 Å². The van der Waals surface area contributed by atoms with E-state index in [4.69, 9.17) is 37.4 Å². The van der Waals surface area contributed by atoms with Gasteiger partial charge in [-0.3, -0.25) is 14.9 Å². The number of nitro groups is 1. The van der Waals surface area contributed by atoms with Crippen molar-refractivity contribution in [1.82, 2.24) is 0 Å². The van der Waals surface area contributed by atoms with Crippen molar-refractivity contribution in [3.63, 3.8) is 0 Å². The number of nitro benzene ring substituents is 1. The fourth-order valence-electron chi connectivity index (χ4n) is 2.65. The molecule has 0 fully saturated rings. The van der Waals surface area contributed by atoms with Crippen molar-refractivity contribution in [3.05, 3.63) is 92.5 Å². The van der Waals surface area contributed by atoms with Gasteiger partial charge in [0.1, 0.15) is 17.2 Å². The maximum atomic E-state index is 12.2. The van der Waals surface area contributed by atoms with Gasteiger partial charge in [-0.2, -0.15) is 0 Å². The largest absolute Gasteiger partial charge is 0.479 e. The molecule has 1 atom stereocenters. The lowest BCUT2D eigenvalue weighted by Gasteiger charge is -2.14. The number of carbonyl (C=O) groups is 2. The first kappa shape index (κ1) is 24.0. The molecule has 3 rings (SSSR count). The van der Waals surface area contributed by atoms with Crippen LogP contribution in [0, 0.1) is 10.1 Å². The van der Waals surface area contributed by atoms with Gasteiger partial charge < -0.3 is 14.2 Å². The van der Waals surface area contributed by atoms with Crippen LogP contribution in [0.4, 0.5) is 5.69 Å². The third kappa shape index (κ3) is 6.68. The van der Waals surface area contributed by atoms with E-state index in [2.05, 4.69) is 0 Å². The standard InChI is InChI=1S/C23H17Cl2NO7/c1-14(23(28)31-13-21(27)15-3-2-4-17(11-15)26(29)30)32-18-6-8-19(9-7-18)33-22-10-5-16(24)12-20(22)25/h2-12,14H,13H2,1H3/t14-/m1/s1. The van der Waals surface area contributed by atoms with Crippen LogP contribution in [0.1, 0.15) is 17.3 Å². The van der Waals surface area contributed by atoms with E-state index in [9.17, 15) is 19.7 Å². The Balaban J connectivity index is 1.52. The SMILES string of the molecule is C[C@@H](Oc1ccc(Oc2ccc(Cl)cc2Cl)cc1)C(=O)OCC(=O)c1cccc([N+](=O)[O-])c1. The topological polar surface area (TPSA) is 105 Å². The predicted octanol–water partition coefficient (Wildman–Crippen LogP) is 5.89. The van der Waals surface area contributed by atoms with E-state index in [-0.39, 0.29) is 11.3 Å². The Morgan fingerprint density at radius 3 is 2.36 bits per heavy atom. The minimum atomic E-state index is -1.000. The van der Waals surface area contributed by atoms with Crippen LogP contribution in [0.2, 0.25) is 10.0 Å². The molecule has 0 spiro atoms. The van der Waals surface area contributed by atoms with Crippen LogP contribution in [0.5, 0.6) is 17.2 Å². The van der Waals surface area contributed by atoms with Gasteiger partial charge in [0.2, 0.25) is 5.78 Å². The number of non-ortho nitro benzene ring substituents is 1. The number of carbonyl (C=O) groups excluding carboxylic acids is 2. The molecular weight excluding hydrogens is 473 g/mol. The number of nitrogens with zero attached hydrogens (tertiary/aromatic N) is 1. The van der Waals surface area contributed by atoms with Crippen molar-refractivity contribution in [2.24, 2.45) is 0 Å². The molecular formula is C23H17Cl2NO7. The molecule has 0 unspecified atom stereocenters. The number of esters is 1. The molecule has 0 radical (unpaired) electrons. The third-order valence-corrected chi connectivity index (χ3v) is 4.85. The summed E-state index contributed by atoms with van der Waals surface area (Å²) in [4.78, 5) is 34.5. The molecule has 3 aromatic carbocycles. The molecule has 170 valence electrons. The van der Waals surface area contributed by atoms with Crippen molar-refractivity contribution in [1.29, 1.82) is 0 Å². The van der Waals surface area contributed by atoms with Crippen LogP contribution in [-0.2, 0) is 9.53 Å². The molecule has 0 amide bonds. The maximum Gasteiger partial charge on any atom is 0.347 e. The number of Topliss-reactive ketones (excluding diaryl/α,β-unsaturated/α-hetero) is 1. The highest BCUT2D eigenvalue weighted by atomic mass is 35.5. The van der Waals surface area contributed by atoms with Gasteiger partial charge in [0, 0.05) is 22.7 Å². The summed E-state index contributed by atoms with van der Waals surface area (Å²) >= 11 is 12.0. The Morgan fingerprint density at radius 1 is 1.00 bits per heavy atom. The first-order valence-electron chi connectivity index (χ1n) is 9.57. The summed E-state index contributed by atoms with van der Waals surface area (Å²) in [5.41, 5.74) is -0.156. The number of hydrogen-bond acceptors (Lipinski definition) is 7. The average molecular weight is 490 g/mol. The Hall–Kier alpha value is -3.62.